The first-order valence-corrected chi connectivity index (χ1v) is 50.1. The van der Waals surface area contributed by atoms with Gasteiger partial charge < -0.3 is 157 Å². The number of carbonyl (C=O) groups excluding carboxylic acids is 16. The van der Waals surface area contributed by atoms with E-state index in [9.17, 15) is 96.8 Å². The van der Waals surface area contributed by atoms with E-state index in [0.29, 0.717) is 86.4 Å². The third-order valence-electron chi connectivity index (χ3n) is 24.6. The number of amides is 16. The van der Waals surface area contributed by atoms with Gasteiger partial charge in [0.25, 0.3) is 5.56 Å². The summed E-state index contributed by atoms with van der Waals surface area (Å²) in [5.41, 5.74) is 58.1. The summed E-state index contributed by atoms with van der Waals surface area (Å²) in [5, 5.41) is 64.3. The van der Waals surface area contributed by atoms with Gasteiger partial charge in [0.15, 0.2) is 17.9 Å². The number of benzene rings is 3. The van der Waals surface area contributed by atoms with Crippen molar-refractivity contribution in [1.29, 1.82) is 0 Å². The number of aromatic hydroxyl groups is 2. The van der Waals surface area contributed by atoms with E-state index in [-0.39, 0.29) is 148 Å². The van der Waals surface area contributed by atoms with Crippen LogP contribution in [0.25, 0.3) is 10.9 Å². The van der Waals surface area contributed by atoms with Crippen molar-refractivity contribution in [3.05, 3.63) is 113 Å². The van der Waals surface area contributed by atoms with Crippen molar-refractivity contribution in [2.45, 2.75) is 270 Å². The number of hydrogen-bond donors (Lipinski definition) is 27. The molecule has 52 nitrogen and oxygen atoms in total. The van der Waals surface area contributed by atoms with Crippen LogP contribution in [0.15, 0.2) is 105 Å². The highest BCUT2D eigenvalue weighted by molar-refractivity contribution is 6.00. The fourth-order valence-corrected chi connectivity index (χ4v) is 16.0. The molecule has 150 heavy (non-hydrogen) atoms. The van der Waals surface area contributed by atoms with Gasteiger partial charge in [-0.3, -0.25) is 101 Å². The highest BCUT2D eigenvalue weighted by atomic mass is 16.3. The fraction of sp³-hybridized carbons (Fsp3) is 0.571. The minimum absolute atomic E-state index is 0.00373. The topological polar surface area (TPSA) is 858 Å². The largest absolute Gasteiger partial charge is 0.508 e. The van der Waals surface area contributed by atoms with E-state index in [1.165, 1.54) is 76.1 Å². The fourth-order valence-electron chi connectivity index (χ4n) is 16.0. The number of piperazine rings is 1. The number of guanidine groups is 3. The molecule has 3 heterocycles. The van der Waals surface area contributed by atoms with E-state index >= 15 is 0 Å². The van der Waals surface area contributed by atoms with Gasteiger partial charge in [-0.1, -0.05) is 93.0 Å². The molecule has 0 saturated carbocycles. The number of aromatic nitrogens is 4. The highest BCUT2D eigenvalue weighted by Crippen LogP contribution is 2.24. The molecule has 0 bridgehead atoms. The first-order chi connectivity index (χ1) is 70.8. The molecule has 0 radical (unpaired) electrons. The van der Waals surface area contributed by atoms with Gasteiger partial charge in [0, 0.05) is 95.6 Å². The molecule has 1 aliphatic rings. The van der Waals surface area contributed by atoms with Gasteiger partial charge in [0.05, 0.1) is 42.1 Å². The summed E-state index contributed by atoms with van der Waals surface area (Å²) < 4.78 is 1.13. The van der Waals surface area contributed by atoms with Crippen molar-refractivity contribution >= 4 is 129 Å². The second-order valence-corrected chi connectivity index (χ2v) is 38.4. The third kappa shape index (κ3) is 43.6. The summed E-state index contributed by atoms with van der Waals surface area (Å²) in [6, 6.07) is 0.910. The molecule has 2 aromatic heterocycles. The van der Waals surface area contributed by atoms with E-state index in [1.54, 1.807) is 63.8 Å². The van der Waals surface area contributed by atoms with Crippen LogP contribution in [-0.4, -0.2) is 296 Å². The van der Waals surface area contributed by atoms with Crippen LogP contribution in [0.5, 0.6) is 11.5 Å². The monoisotopic (exact) mass is 2100 g/mol. The molecule has 6 rings (SSSR count). The average Bonchev–Trinajstić information content (AvgIpc) is 0.875. The Morgan fingerprint density at radius 2 is 0.927 bits per heavy atom. The Kier molecular flexibility index (Phi) is 52.8. The number of likely N-dealkylation sites (N-methyl/N-ethyl adjacent to an activating group) is 1. The van der Waals surface area contributed by atoms with Crippen molar-refractivity contribution in [3.63, 3.8) is 0 Å². The van der Waals surface area contributed by atoms with Crippen molar-refractivity contribution in [3.8, 4) is 11.5 Å². The van der Waals surface area contributed by atoms with Crippen LogP contribution in [0.3, 0.4) is 0 Å². The van der Waals surface area contributed by atoms with Crippen LogP contribution in [0, 0.1) is 29.6 Å². The molecule has 0 aliphatic carbocycles. The van der Waals surface area contributed by atoms with E-state index < -0.39 is 198 Å². The van der Waals surface area contributed by atoms with Gasteiger partial charge in [-0.15, -0.1) is 0 Å². The Morgan fingerprint density at radius 1 is 0.473 bits per heavy atom. The summed E-state index contributed by atoms with van der Waals surface area (Å²) >= 11 is 0. The maximum Gasteiger partial charge on any atom is 0.261 e. The number of phenolic OH excluding ortho intramolecular Hbond substituents is 2. The average molecular weight is 2100 g/mol. The summed E-state index contributed by atoms with van der Waals surface area (Å²) in [6.45, 7) is 20.3. The predicted molar refractivity (Wildman–Crippen MR) is 561 cm³/mol. The van der Waals surface area contributed by atoms with Crippen molar-refractivity contribution in [2.24, 2.45) is 102 Å². The minimum Gasteiger partial charge on any atom is -0.508 e. The molecule has 1 fully saturated rings. The molecule has 0 unspecified atom stereocenters. The van der Waals surface area contributed by atoms with Crippen LogP contribution >= 0.6 is 0 Å². The summed E-state index contributed by atoms with van der Waals surface area (Å²) in [5.74, 6) is -13.7. The molecular formula is C98H156N32O20. The number of aliphatic hydroxyl groups is 1. The molecular weight excluding hydrogens is 1950 g/mol. The maximum atomic E-state index is 14.1. The molecule has 828 valence electrons. The van der Waals surface area contributed by atoms with E-state index in [2.05, 4.69) is 99.0 Å². The van der Waals surface area contributed by atoms with Gasteiger partial charge in [-0.25, -0.2) is 9.97 Å². The number of hydrogen-bond acceptors (Lipinski definition) is 28. The molecule has 16 atom stereocenters. The number of rotatable bonds is 61. The van der Waals surface area contributed by atoms with Crippen LogP contribution in [0.2, 0.25) is 0 Å². The number of anilines is 1. The predicted octanol–water partition coefficient (Wildman–Crippen LogP) is -5.73. The lowest BCUT2D eigenvalue weighted by atomic mass is 9.97. The zero-order valence-electron chi connectivity index (χ0n) is 87.4. The number of phenols is 2. The van der Waals surface area contributed by atoms with Gasteiger partial charge in [0.2, 0.25) is 94.5 Å². The minimum atomic E-state index is -1.75. The smallest absolute Gasteiger partial charge is 0.261 e. The summed E-state index contributed by atoms with van der Waals surface area (Å²) in [7, 11) is 1.42. The lowest BCUT2D eigenvalue weighted by Gasteiger charge is -2.38. The number of unbranched alkanes of at least 4 members (excludes halogenated alkanes) is 1. The van der Waals surface area contributed by atoms with Gasteiger partial charge in [0.1, 0.15) is 90.5 Å². The second kappa shape index (κ2) is 63.3. The molecule has 5 aromatic rings. The molecule has 0 spiro atoms. The lowest BCUT2D eigenvalue weighted by molar-refractivity contribution is -0.138. The first-order valence-electron chi connectivity index (χ1n) is 50.1. The summed E-state index contributed by atoms with van der Waals surface area (Å²) in [6.07, 6.45) is 5.29. The number of nitrogens with one attached hydrogen (secondary N) is 14. The second-order valence-electron chi connectivity index (χ2n) is 38.4. The van der Waals surface area contributed by atoms with Crippen molar-refractivity contribution in [1.82, 2.24) is 93.5 Å². The molecule has 16 amide bonds. The number of fused-ring (bicyclic) bond motifs is 1. The zero-order chi connectivity index (χ0) is 112. The number of H-pyrrole nitrogens is 1. The van der Waals surface area contributed by atoms with Crippen LogP contribution < -0.4 is 137 Å². The van der Waals surface area contributed by atoms with Crippen LogP contribution in [-0.2, 0) is 103 Å². The molecule has 37 N–H and O–H groups in total. The molecule has 3 aromatic carbocycles. The quantitative estimate of drug-likeness (QED) is 0.00980. The van der Waals surface area contributed by atoms with Crippen LogP contribution in [0.1, 0.15) is 176 Å². The zero-order valence-corrected chi connectivity index (χ0v) is 87.4. The SMILES string of the molecule is CC(C)C[C@H](NC(=O)[C@H](CC(N)=O)NC(=O)[C@@H](C)CC(C)C)C(=O)N[C@H](C(=O)N[C@H](C(=O)N[C@@H](CCCN=C(N)N)C(=O)N[C@@H](C)C(=O)N[C@@H](CCCN=C(N)N)C(=O)N[C@@H](Cc1ccc(O)cc1)C(N)=O)[C@@H](C)O)C(C)C.CC[C@H](C)[C@H](N)C(=O)N[C@@H](CCCCN)C(=O)N1CCN(c2ccc3ncn(CC(=O)N[C@@H](CCCN=C(N)N)C(=O)N[C@@H](Cc4cnc[nH]4)C(=O)N[C@@H](Cc4ccc(O)cc4)C(=O)NC)c(=O)c3c2)CC1. The lowest BCUT2D eigenvalue weighted by Crippen LogP contribution is -2.62. The number of aromatic amines is 1. The van der Waals surface area contributed by atoms with Gasteiger partial charge in [-0.2, -0.15) is 0 Å². The van der Waals surface area contributed by atoms with E-state index in [1.807, 2.05) is 38.7 Å². The normalized spacial score (nSPS) is 15.0. The third-order valence-corrected chi connectivity index (χ3v) is 24.6. The highest BCUT2D eigenvalue weighted by Gasteiger charge is 2.40. The maximum absolute atomic E-state index is 14.1. The first kappa shape index (κ1) is 125. The number of nitrogens with two attached hydrogens (primary N) is 10. The Balaban J connectivity index is 0.000000528. The molecule has 1 saturated heterocycles. The number of imidazole rings is 1. The van der Waals surface area contributed by atoms with Gasteiger partial charge >= 0.3 is 0 Å². The van der Waals surface area contributed by atoms with Crippen LogP contribution in [0.4, 0.5) is 5.69 Å². The number of nitrogens with zero attached hydrogens (tertiary/aromatic N) is 8. The Labute approximate surface area is 871 Å². The number of aliphatic imine (C=N–C) groups is 3. The Hall–Kier alpha value is -15.4. The summed E-state index contributed by atoms with van der Waals surface area (Å²) in [4.78, 5) is 257. The number of primary amides is 2. The van der Waals surface area contributed by atoms with Crippen molar-refractivity contribution < 1.29 is 92.0 Å². The number of aliphatic hydroxyl groups excluding tert-OH is 1. The van der Waals surface area contributed by atoms with E-state index in [0.717, 1.165) is 11.0 Å². The standard InChI is InChI=1S/C50H86N16O12.C48H70N16O8/c1-24(2)20-27(7)41(71)63-36(23-37(51)69)45(75)64-35(21-25(3)4)46(76)65-38(26(5)6)47(77)66-39(29(9)67)48(78)61-32(12-10-18-57-49(53)54)43(73)59-28(8)42(72)60-33(13-11-19-58-50(55)56)44(74)62-34(40(52)70)22-30-14-16-31(68)17-15-30;1-4-29(2)41(50)45(70)59-37(8-5-6-16-49)47(72)63-20-18-62(19-21-63)32-12-15-35-34(24-32)46(71)64(28-57-35)26-40(66)58-36(9-7-17-55-48(51)52)43(68)61-39(23-31-25-54-27-56-31)44(69)60-38(42(67)53-3)22-30-10-13-33(65)14-11-30/h14-17,24-29,32-36,38-39,67-68H,10-13,18-23H2,1-9H3,(H2,51,69)(H2,52,70)(H,59,73)(H,60,72)(H,61,78)(H,62,74)(H,63,71)(H,64,75)(H,65,76)(H,66,77)(H4,53,54,57)(H4,55,56,58);10-15,24-25,27-29,36-39,41,65H,4-9,16-23,26,49-50H2,1-3H3,(H,53,67)(H,54,56)(H,58,66)(H,59,70)(H,60,69)(H,61,68)(H4,51,52,55)/t27-,28-,29+,32-,33-,34-,35-,36-,38-,39-;29-,36-,37-,38-,39-,41-/m00/s1. The Bertz CT molecular complexity index is 5450. The van der Waals surface area contributed by atoms with E-state index in [4.69, 9.17) is 57.3 Å². The Morgan fingerprint density at radius 3 is 1.41 bits per heavy atom. The molecule has 52 heteroatoms. The molecule has 1 aliphatic heterocycles. The van der Waals surface area contributed by atoms with Crippen molar-refractivity contribution in [2.75, 3.05) is 64.3 Å². The number of carbonyl (C=O) groups is 16. The van der Waals surface area contributed by atoms with Gasteiger partial charge in [-0.05, 0) is 168 Å².